The summed E-state index contributed by atoms with van der Waals surface area (Å²) in [6.45, 7) is 1.48. The van der Waals surface area contributed by atoms with Gasteiger partial charge in [0.2, 0.25) is 0 Å². The quantitative estimate of drug-likeness (QED) is 0.335. The van der Waals surface area contributed by atoms with Crippen LogP contribution < -0.4 is 14.8 Å². The second-order valence-electron chi connectivity index (χ2n) is 7.65. The van der Waals surface area contributed by atoms with Crippen molar-refractivity contribution < 1.29 is 9.47 Å². The maximum absolute atomic E-state index is 6.54. The monoisotopic (exact) mass is 462 g/mol. The van der Waals surface area contributed by atoms with Crippen LogP contribution >= 0.6 is 22.9 Å². The zero-order valence-corrected chi connectivity index (χ0v) is 19.3. The number of halogens is 1. The highest BCUT2D eigenvalue weighted by molar-refractivity contribution is 7.16. The molecule has 0 spiro atoms. The number of rotatable bonds is 7. The summed E-state index contributed by atoms with van der Waals surface area (Å²) in [5.74, 6) is 1.88. The minimum Gasteiger partial charge on any atom is -0.496 e. The Morgan fingerprint density at radius 1 is 1.09 bits per heavy atom. The number of benzene rings is 3. The number of hydrogen-bond donors (Lipinski definition) is 1. The Morgan fingerprint density at radius 3 is 2.81 bits per heavy atom. The van der Waals surface area contributed by atoms with Crippen molar-refractivity contribution in [2.24, 2.45) is 0 Å². The first kappa shape index (κ1) is 20.9. The molecule has 3 aromatic carbocycles. The molecule has 0 unspecified atom stereocenters. The van der Waals surface area contributed by atoms with Crippen LogP contribution in [-0.2, 0) is 19.4 Å². The van der Waals surface area contributed by atoms with Crippen molar-refractivity contribution in [3.05, 3.63) is 93.3 Å². The van der Waals surface area contributed by atoms with Crippen LogP contribution in [0.2, 0.25) is 5.02 Å². The molecule has 0 saturated carbocycles. The summed E-state index contributed by atoms with van der Waals surface area (Å²) in [7, 11) is 1.70. The molecule has 162 valence electrons. The van der Waals surface area contributed by atoms with Crippen molar-refractivity contribution in [3.63, 3.8) is 0 Å². The number of methoxy groups -OCH3 is 1. The summed E-state index contributed by atoms with van der Waals surface area (Å²) in [6.07, 6.45) is 1.69. The number of nitrogens with one attached hydrogen (secondary N) is 1. The summed E-state index contributed by atoms with van der Waals surface area (Å²) in [6, 6.07) is 22.3. The maximum atomic E-state index is 6.54. The van der Waals surface area contributed by atoms with E-state index in [-0.39, 0.29) is 0 Å². The highest BCUT2D eigenvalue weighted by Gasteiger charge is 2.18. The second kappa shape index (κ2) is 9.23. The smallest absolute Gasteiger partial charge is 0.183 e. The molecule has 4 nitrogen and oxygen atoms in total. The van der Waals surface area contributed by atoms with Crippen molar-refractivity contribution in [1.82, 2.24) is 4.98 Å². The van der Waals surface area contributed by atoms with Gasteiger partial charge in [-0.15, -0.1) is 11.3 Å². The van der Waals surface area contributed by atoms with Crippen LogP contribution in [-0.4, -0.2) is 18.7 Å². The van der Waals surface area contributed by atoms with Gasteiger partial charge in [-0.3, -0.25) is 0 Å². The highest BCUT2D eigenvalue weighted by atomic mass is 35.5. The predicted octanol–water partition coefficient (Wildman–Crippen LogP) is 6.61. The number of thiazole rings is 1. The Hall–Kier alpha value is -3.02. The van der Waals surface area contributed by atoms with Gasteiger partial charge < -0.3 is 14.8 Å². The normalized spacial score (nSPS) is 12.3. The molecule has 1 aliphatic heterocycles. The Labute approximate surface area is 196 Å². The van der Waals surface area contributed by atoms with E-state index in [4.69, 9.17) is 26.1 Å². The second-order valence-corrected chi connectivity index (χ2v) is 9.14. The first-order chi connectivity index (χ1) is 15.7. The van der Waals surface area contributed by atoms with Crippen molar-refractivity contribution >= 4 is 28.1 Å². The molecule has 0 saturated heterocycles. The average Bonchev–Trinajstić information content (AvgIpc) is 3.45. The first-order valence-corrected chi connectivity index (χ1v) is 11.8. The molecule has 1 N–H and O–H groups in total. The van der Waals surface area contributed by atoms with E-state index in [2.05, 4.69) is 29.6 Å². The zero-order valence-electron chi connectivity index (χ0n) is 17.7. The molecule has 2 heterocycles. The molecule has 5 rings (SSSR count). The van der Waals surface area contributed by atoms with E-state index in [9.17, 15) is 0 Å². The molecule has 0 amide bonds. The van der Waals surface area contributed by atoms with Gasteiger partial charge in [0.1, 0.15) is 11.5 Å². The molecule has 6 heteroatoms. The lowest BCUT2D eigenvalue weighted by Crippen LogP contribution is -1.99. The minimum atomic E-state index is 0.698. The molecule has 1 aromatic heterocycles. The third kappa shape index (κ3) is 4.31. The van der Waals surface area contributed by atoms with E-state index in [1.807, 2.05) is 42.5 Å². The zero-order chi connectivity index (χ0) is 21.9. The lowest BCUT2D eigenvalue weighted by Gasteiger charge is -2.08. The van der Waals surface area contributed by atoms with Gasteiger partial charge in [-0.25, -0.2) is 4.98 Å². The topological polar surface area (TPSA) is 43.4 Å². The molecule has 32 heavy (non-hydrogen) atoms. The Balaban J connectivity index is 1.44. The number of aromatic nitrogens is 1. The minimum absolute atomic E-state index is 0.698. The number of anilines is 1. The highest BCUT2D eigenvalue weighted by Crippen LogP contribution is 2.37. The lowest BCUT2D eigenvalue weighted by molar-refractivity contribution is 0.357. The number of nitrogens with zero attached hydrogens (tertiary/aromatic N) is 1. The molecule has 0 bridgehead atoms. The van der Waals surface area contributed by atoms with E-state index < -0.39 is 0 Å². The maximum Gasteiger partial charge on any atom is 0.183 e. The lowest BCUT2D eigenvalue weighted by atomic mass is 10.1. The summed E-state index contributed by atoms with van der Waals surface area (Å²) >= 11 is 8.20. The van der Waals surface area contributed by atoms with Crippen LogP contribution in [0.4, 0.5) is 5.13 Å². The fourth-order valence-corrected chi connectivity index (χ4v) is 5.18. The molecule has 1 aliphatic rings. The van der Waals surface area contributed by atoms with Crippen molar-refractivity contribution in [3.8, 4) is 22.8 Å². The summed E-state index contributed by atoms with van der Waals surface area (Å²) in [4.78, 5) is 6.08. The summed E-state index contributed by atoms with van der Waals surface area (Å²) < 4.78 is 11.2. The van der Waals surface area contributed by atoms with E-state index in [1.54, 1.807) is 18.4 Å². The largest absolute Gasteiger partial charge is 0.496 e. The van der Waals surface area contributed by atoms with E-state index in [0.29, 0.717) is 11.6 Å². The molecule has 4 aromatic rings. The number of hydrogen-bond acceptors (Lipinski definition) is 5. The van der Waals surface area contributed by atoms with Gasteiger partial charge in [0, 0.05) is 34.8 Å². The predicted molar refractivity (Wildman–Crippen MR) is 131 cm³/mol. The van der Waals surface area contributed by atoms with Gasteiger partial charge >= 0.3 is 0 Å². The number of fused-ring (bicyclic) bond motifs is 1. The van der Waals surface area contributed by atoms with Gasteiger partial charge in [-0.1, -0.05) is 60.1 Å². The molecule has 0 radical (unpaired) electrons. The third-order valence-electron chi connectivity index (χ3n) is 5.57. The summed E-state index contributed by atoms with van der Waals surface area (Å²) in [5, 5.41) is 5.08. The Bertz CT molecular complexity index is 1250. The van der Waals surface area contributed by atoms with Crippen LogP contribution in [0.5, 0.6) is 11.5 Å². The molecule has 0 atom stereocenters. The van der Waals surface area contributed by atoms with E-state index in [0.717, 1.165) is 57.8 Å². The standard InChI is InChI=1S/C26H23ClN2O2S/c1-30-22-9-5-2-6-18(22)15-24-25(20-7-3-4-8-21(20)27)29-26(32-24)28-16-17-10-11-23-19(14-17)12-13-31-23/h2-11,14H,12-13,15-16H2,1H3,(H,28,29). The molecular formula is C26H23ClN2O2S. The first-order valence-electron chi connectivity index (χ1n) is 10.6. The number of ether oxygens (including phenoxy) is 2. The average molecular weight is 463 g/mol. The summed E-state index contributed by atoms with van der Waals surface area (Å²) in [5.41, 5.74) is 5.47. The molecule has 0 fully saturated rings. The fourth-order valence-electron chi connectivity index (χ4n) is 3.96. The molecule has 0 aliphatic carbocycles. The Kier molecular flexibility index (Phi) is 6.02. The van der Waals surface area contributed by atoms with Gasteiger partial charge in [0.05, 0.1) is 19.4 Å². The van der Waals surface area contributed by atoms with E-state index in [1.165, 1.54) is 11.1 Å². The van der Waals surface area contributed by atoms with Gasteiger partial charge in [-0.05, 0) is 34.9 Å². The van der Waals surface area contributed by atoms with Crippen molar-refractivity contribution in [2.45, 2.75) is 19.4 Å². The van der Waals surface area contributed by atoms with Crippen LogP contribution in [0.25, 0.3) is 11.3 Å². The van der Waals surface area contributed by atoms with Gasteiger partial charge in [0.15, 0.2) is 5.13 Å². The van der Waals surface area contributed by atoms with Crippen molar-refractivity contribution in [2.75, 3.05) is 19.0 Å². The van der Waals surface area contributed by atoms with Crippen LogP contribution in [0.1, 0.15) is 21.6 Å². The SMILES string of the molecule is COc1ccccc1Cc1sc(NCc2ccc3c(c2)CCO3)nc1-c1ccccc1Cl. The van der Waals surface area contributed by atoms with Crippen LogP contribution in [0.3, 0.4) is 0 Å². The molecular weight excluding hydrogens is 440 g/mol. The van der Waals surface area contributed by atoms with Crippen LogP contribution in [0, 0.1) is 0 Å². The number of para-hydroxylation sites is 1. The fraction of sp³-hybridized carbons (Fsp3) is 0.192. The van der Waals surface area contributed by atoms with Gasteiger partial charge in [0.25, 0.3) is 0 Å². The van der Waals surface area contributed by atoms with Crippen molar-refractivity contribution in [1.29, 1.82) is 0 Å². The third-order valence-corrected chi connectivity index (χ3v) is 6.91. The van der Waals surface area contributed by atoms with E-state index >= 15 is 0 Å². The Morgan fingerprint density at radius 2 is 1.94 bits per heavy atom. The van der Waals surface area contributed by atoms with Crippen LogP contribution in [0.15, 0.2) is 66.7 Å². The van der Waals surface area contributed by atoms with Gasteiger partial charge in [-0.2, -0.15) is 0 Å².